The molecule has 1 fully saturated rings. The standard InChI is InChI=1S/C17H28ClN3/c1-5-21(13(2)12-20(3)4)16-9-6-14(17(18)10-16)11-19-15-7-8-15/h6,9-10,13,15,19H,5,7-8,11-12H2,1-4H3. The first-order valence-electron chi connectivity index (χ1n) is 7.94. The molecule has 0 aliphatic heterocycles. The number of nitrogens with zero attached hydrogens (tertiary/aromatic N) is 2. The highest BCUT2D eigenvalue weighted by Crippen LogP contribution is 2.26. The zero-order chi connectivity index (χ0) is 15.4. The van der Waals surface area contributed by atoms with E-state index < -0.39 is 0 Å². The van der Waals surface area contributed by atoms with Crippen molar-refractivity contribution in [1.29, 1.82) is 0 Å². The molecular weight excluding hydrogens is 282 g/mol. The summed E-state index contributed by atoms with van der Waals surface area (Å²) in [5.41, 5.74) is 2.41. The molecule has 1 N–H and O–H groups in total. The second-order valence-corrected chi connectivity index (χ2v) is 6.74. The van der Waals surface area contributed by atoms with E-state index in [0.717, 1.165) is 24.7 Å². The van der Waals surface area contributed by atoms with Crippen LogP contribution in [0.15, 0.2) is 18.2 Å². The number of halogens is 1. The average Bonchev–Trinajstić information content (AvgIpc) is 3.21. The molecule has 0 amide bonds. The van der Waals surface area contributed by atoms with Crippen molar-refractivity contribution in [2.45, 2.75) is 45.3 Å². The summed E-state index contributed by atoms with van der Waals surface area (Å²) in [5.74, 6) is 0. The molecule has 0 bridgehead atoms. The Hall–Kier alpha value is -0.770. The Morgan fingerprint density at radius 1 is 1.33 bits per heavy atom. The largest absolute Gasteiger partial charge is 0.368 e. The SMILES string of the molecule is CCN(c1ccc(CNC2CC2)c(Cl)c1)C(C)CN(C)C. The summed E-state index contributed by atoms with van der Waals surface area (Å²) >= 11 is 6.47. The van der Waals surface area contributed by atoms with Crippen LogP contribution in [0.2, 0.25) is 5.02 Å². The van der Waals surface area contributed by atoms with Gasteiger partial charge in [0.1, 0.15) is 0 Å². The van der Waals surface area contributed by atoms with Gasteiger partial charge in [-0.05, 0) is 58.5 Å². The maximum Gasteiger partial charge on any atom is 0.0471 e. The molecule has 1 saturated carbocycles. The predicted molar refractivity (Wildman–Crippen MR) is 92.3 cm³/mol. The first-order valence-corrected chi connectivity index (χ1v) is 8.32. The third-order valence-corrected chi connectivity index (χ3v) is 4.38. The monoisotopic (exact) mass is 309 g/mol. The number of hydrogen-bond acceptors (Lipinski definition) is 3. The number of likely N-dealkylation sites (N-methyl/N-ethyl adjacent to an activating group) is 2. The molecule has 3 nitrogen and oxygen atoms in total. The van der Waals surface area contributed by atoms with Crippen LogP contribution in [0.25, 0.3) is 0 Å². The molecule has 0 spiro atoms. The van der Waals surface area contributed by atoms with Gasteiger partial charge in [-0.25, -0.2) is 0 Å². The van der Waals surface area contributed by atoms with Gasteiger partial charge < -0.3 is 15.1 Å². The topological polar surface area (TPSA) is 18.5 Å². The fraction of sp³-hybridized carbons (Fsp3) is 0.647. The molecule has 118 valence electrons. The highest BCUT2D eigenvalue weighted by molar-refractivity contribution is 6.31. The molecule has 1 unspecified atom stereocenters. The Morgan fingerprint density at radius 3 is 2.57 bits per heavy atom. The molecule has 1 aliphatic rings. The third kappa shape index (κ3) is 4.87. The Balaban J connectivity index is 2.04. The first-order chi connectivity index (χ1) is 10.0. The first kappa shape index (κ1) is 16.6. The number of nitrogens with one attached hydrogen (secondary N) is 1. The van der Waals surface area contributed by atoms with Crippen molar-refractivity contribution in [2.24, 2.45) is 0 Å². The van der Waals surface area contributed by atoms with Crippen LogP contribution in [-0.2, 0) is 6.54 Å². The zero-order valence-electron chi connectivity index (χ0n) is 13.7. The molecule has 0 heterocycles. The van der Waals surface area contributed by atoms with Crippen molar-refractivity contribution >= 4 is 17.3 Å². The molecule has 21 heavy (non-hydrogen) atoms. The Morgan fingerprint density at radius 2 is 2.05 bits per heavy atom. The second-order valence-electron chi connectivity index (χ2n) is 6.33. The normalized spacial score (nSPS) is 16.3. The minimum absolute atomic E-state index is 0.469. The molecule has 0 saturated heterocycles. The second kappa shape index (κ2) is 7.48. The number of rotatable bonds is 8. The molecule has 1 aliphatic carbocycles. The summed E-state index contributed by atoms with van der Waals surface area (Å²) in [6, 6.07) is 7.66. The van der Waals surface area contributed by atoms with E-state index in [0.29, 0.717) is 12.1 Å². The quantitative estimate of drug-likeness (QED) is 0.794. The van der Waals surface area contributed by atoms with E-state index in [2.05, 4.69) is 61.3 Å². The van der Waals surface area contributed by atoms with Crippen molar-refractivity contribution in [1.82, 2.24) is 10.2 Å². The van der Waals surface area contributed by atoms with Crippen LogP contribution < -0.4 is 10.2 Å². The minimum Gasteiger partial charge on any atom is -0.368 e. The van der Waals surface area contributed by atoms with Gasteiger partial charge in [0.05, 0.1) is 0 Å². The summed E-state index contributed by atoms with van der Waals surface area (Å²) in [7, 11) is 4.23. The Labute approximate surface area is 134 Å². The van der Waals surface area contributed by atoms with Crippen LogP contribution >= 0.6 is 11.6 Å². The lowest BCUT2D eigenvalue weighted by molar-refractivity contribution is 0.373. The lowest BCUT2D eigenvalue weighted by atomic mass is 10.1. The van der Waals surface area contributed by atoms with Gasteiger partial charge in [0.25, 0.3) is 0 Å². The maximum absolute atomic E-state index is 6.47. The highest BCUT2D eigenvalue weighted by Gasteiger charge is 2.20. The predicted octanol–water partition coefficient (Wildman–Crippen LogP) is 3.37. The van der Waals surface area contributed by atoms with Crippen LogP contribution in [0, 0.1) is 0 Å². The van der Waals surface area contributed by atoms with Gasteiger partial charge in [-0.2, -0.15) is 0 Å². The lowest BCUT2D eigenvalue weighted by Crippen LogP contribution is -2.40. The van der Waals surface area contributed by atoms with Crippen molar-refractivity contribution < 1.29 is 0 Å². The molecular formula is C17H28ClN3. The van der Waals surface area contributed by atoms with Crippen LogP contribution in [0.1, 0.15) is 32.3 Å². The van der Waals surface area contributed by atoms with Crippen molar-refractivity contribution in [2.75, 3.05) is 32.1 Å². The average molecular weight is 310 g/mol. The summed E-state index contributed by atoms with van der Waals surface area (Å²) in [6.45, 7) is 7.37. The maximum atomic E-state index is 6.47. The fourth-order valence-corrected chi connectivity index (χ4v) is 3.02. The van der Waals surface area contributed by atoms with Gasteiger partial charge in [-0.3, -0.25) is 0 Å². The van der Waals surface area contributed by atoms with E-state index >= 15 is 0 Å². The van der Waals surface area contributed by atoms with Crippen molar-refractivity contribution in [3.8, 4) is 0 Å². The highest BCUT2D eigenvalue weighted by atomic mass is 35.5. The van der Waals surface area contributed by atoms with Crippen LogP contribution in [0.5, 0.6) is 0 Å². The van der Waals surface area contributed by atoms with E-state index in [-0.39, 0.29) is 0 Å². The zero-order valence-corrected chi connectivity index (χ0v) is 14.5. The molecule has 1 aromatic carbocycles. The third-order valence-electron chi connectivity index (χ3n) is 4.03. The Bertz CT molecular complexity index is 457. The number of anilines is 1. The van der Waals surface area contributed by atoms with E-state index in [1.54, 1.807) is 0 Å². The molecule has 1 aromatic rings. The van der Waals surface area contributed by atoms with Crippen LogP contribution in [0.3, 0.4) is 0 Å². The molecule has 2 rings (SSSR count). The summed E-state index contributed by atoms with van der Waals surface area (Å²) < 4.78 is 0. The van der Waals surface area contributed by atoms with Crippen LogP contribution in [0.4, 0.5) is 5.69 Å². The lowest BCUT2D eigenvalue weighted by Gasteiger charge is -2.32. The smallest absolute Gasteiger partial charge is 0.0471 e. The van der Waals surface area contributed by atoms with Gasteiger partial charge >= 0.3 is 0 Å². The van der Waals surface area contributed by atoms with Gasteiger partial charge in [0, 0.05) is 42.4 Å². The number of benzene rings is 1. The van der Waals surface area contributed by atoms with E-state index in [4.69, 9.17) is 11.6 Å². The molecule has 0 radical (unpaired) electrons. The number of hydrogen-bond donors (Lipinski definition) is 1. The fourth-order valence-electron chi connectivity index (χ4n) is 2.78. The van der Waals surface area contributed by atoms with E-state index in [1.165, 1.54) is 24.1 Å². The van der Waals surface area contributed by atoms with Gasteiger partial charge in [-0.1, -0.05) is 17.7 Å². The molecule has 1 atom stereocenters. The minimum atomic E-state index is 0.469. The van der Waals surface area contributed by atoms with E-state index in [9.17, 15) is 0 Å². The van der Waals surface area contributed by atoms with Crippen molar-refractivity contribution in [3.05, 3.63) is 28.8 Å². The van der Waals surface area contributed by atoms with Gasteiger partial charge in [0.15, 0.2) is 0 Å². The van der Waals surface area contributed by atoms with E-state index in [1.807, 2.05) is 0 Å². The Kier molecular flexibility index (Phi) is 5.91. The summed E-state index contributed by atoms with van der Waals surface area (Å²) in [5, 5.41) is 4.39. The summed E-state index contributed by atoms with van der Waals surface area (Å²) in [6.07, 6.45) is 2.61. The summed E-state index contributed by atoms with van der Waals surface area (Å²) in [4.78, 5) is 4.63. The van der Waals surface area contributed by atoms with Gasteiger partial charge in [0.2, 0.25) is 0 Å². The van der Waals surface area contributed by atoms with Crippen molar-refractivity contribution in [3.63, 3.8) is 0 Å². The molecule has 0 aromatic heterocycles. The molecule has 4 heteroatoms. The van der Waals surface area contributed by atoms with Crippen LogP contribution in [-0.4, -0.2) is 44.2 Å². The van der Waals surface area contributed by atoms with Gasteiger partial charge in [-0.15, -0.1) is 0 Å².